The zero-order valence-electron chi connectivity index (χ0n) is 13.6. The van der Waals surface area contributed by atoms with Crippen LogP contribution >= 0.6 is 0 Å². The lowest BCUT2D eigenvalue weighted by atomic mass is 9.85. The monoisotopic (exact) mass is 257 g/mol. The second kappa shape index (κ2) is 9.76. The first-order valence-corrected chi connectivity index (χ1v) is 7.47. The average molecular weight is 257 g/mol. The minimum Gasteiger partial charge on any atom is -0.316 e. The van der Waals surface area contributed by atoms with Crippen LogP contribution in [0.4, 0.5) is 0 Å². The van der Waals surface area contributed by atoms with E-state index in [1.165, 1.54) is 38.9 Å². The molecule has 0 aliphatic rings. The van der Waals surface area contributed by atoms with Gasteiger partial charge in [-0.1, -0.05) is 27.2 Å². The van der Waals surface area contributed by atoms with Crippen molar-refractivity contribution in [2.75, 3.05) is 53.9 Å². The van der Waals surface area contributed by atoms with E-state index in [2.05, 4.69) is 57.0 Å². The van der Waals surface area contributed by atoms with Crippen molar-refractivity contribution in [1.29, 1.82) is 0 Å². The summed E-state index contributed by atoms with van der Waals surface area (Å²) in [6.45, 7) is 12.7. The maximum absolute atomic E-state index is 3.52. The van der Waals surface area contributed by atoms with E-state index in [4.69, 9.17) is 0 Å². The molecule has 0 aromatic carbocycles. The van der Waals surface area contributed by atoms with Crippen molar-refractivity contribution in [3.63, 3.8) is 0 Å². The summed E-state index contributed by atoms with van der Waals surface area (Å²) >= 11 is 0. The molecule has 1 N–H and O–H groups in total. The molecule has 3 heteroatoms. The molecule has 1 atom stereocenters. The molecule has 0 fully saturated rings. The van der Waals surface area contributed by atoms with Gasteiger partial charge in [0.05, 0.1) is 0 Å². The number of nitrogens with one attached hydrogen (secondary N) is 1. The first-order chi connectivity index (χ1) is 8.43. The number of nitrogens with zero attached hydrogens (tertiary/aromatic N) is 2. The molecule has 0 saturated carbocycles. The maximum Gasteiger partial charge on any atom is 0.00444 e. The van der Waals surface area contributed by atoms with Crippen molar-refractivity contribution in [2.45, 2.75) is 40.0 Å². The van der Waals surface area contributed by atoms with E-state index in [-0.39, 0.29) is 0 Å². The highest BCUT2D eigenvalue weighted by atomic mass is 15.1. The summed E-state index contributed by atoms with van der Waals surface area (Å²) in [4.78, 5) is 4.76. The third kappa shape index (κ3) is 8.90. The highest BCUT2D eigenvalue weighted by Gasteiger charge is 2.24. The summed E-state index contributed by atoms with van der Waals surface area (Å²) in [7, 11) is 6.55. The molecule has 0 aromatic heterocycles. The molecule has 0 amide bonds. The first-order valence-electron chi connectivity index (χ1n) is 7.47. The van der Waals surface area contributed by atoms with E-state index in [9.17, 15) is 0 Å². The Kier molecular flexibility index (Phi) is 9.70. The Morgan fingerprint density at radius 1 is 1.06 bits per heavy atom. The zero-order chi connectivity index (χ0) is 14.0. The summed E-state index contributed by atoms with van der Waals surface area (Å²) < 4.78 is 0. The average Bonchev–Trinajstić information content (AvgIpc) is 2.26. The van der Waals surface area contributed by atoms with Crippen molar-refractivity contribution in [3.05, 3.63) is 0 Å². The second-order valence-corrected chi connectivity index (χ2v) is 6.24. The molecule has 1 unspecified atom stereocenters. The molecule has 0 radical (unpaired) electrons. The van der Waals surface area contributed by atoms with Crippen LogP contribution in [0.25, 0.3) is 0 Å². The lowest BCUT2D eigenvalue weighted by Gasteiger charge is -2.34. The molecule has 3 nitrogen and oxygen atoms in total. The minimum absolute atomic E-state index is 0.414. The third-order valence-corrected chi connectivity index (χ3v) is 3.45. The molecule has 0 aliphatic carbocycles. The SMILES string of the molecule is CCCC(C)(CNCC)CN(C)CCCN(C)C. The van der Waals surface area contributed by atoms with Gasteiger partial charge in [0, 0.05) is 13.1 Å². The van der Waals surface area contributed by atoms with Crippen LogP contribution in [0.5, 0.6) is 0 Å². The molecule has 110 valence electrons. The number of hydrogen-bond acceptors (Lipinski definition) is 3. The topological polar surface area (TPSA) is 18.5 Å². The Morgan fingerprint density at radius 2 is 1.72 bits per heavy atom. The van der Waals surface area contributed by atoms with Crippen molar-refractivity contribution < 1.29 is 0 Å². The van der Waals surface area contributed by atoms with Crippen LogP contribution in [-0.4, -0.2) is 63.7 Å². The van der Waals surface area contributed by atoms with Crippen LogP contribution in [0.15, 0.2) is 0 Å². The molecular formula is C15H35N3. The van der Waals surface area contributed by atoms with E-state index in [1.54, 1.807) is 0 Å². The molecule has 0 heterocycles. The van der Waals surface area contributed by atoms with Gasteiger partial charge < -0.3 is 15.1 Å². The van der Waals surface area contributed by atoms with E-state index < -0.39 is 0 Å². The van der Waals surface area contributed by atoms with Gasteiger partial charge in [0.25, 0.3) is 0 Å². The fourth-order valence-electron chi connectivity index (χ4n) is 2.64. The van der Waals surface area contributed by atoms with Gasteiger partial charge >= 0.3 is 0 Å². The van der Waals surface area contributed by atoms with Gasteiger partial charge in [0.1, 0.15) is 0 Å². The third-order valence-electron chi connectivity index (χ3n) is 3.45. The standard InChI is InChI=1S/C15H35N3/c1-7-10-15(3,13-16-8-2)14-18(6)12-9-11-17(4)5/h16H,7-14H2,1-6H3. The second-order valence-electron chi connectivity index (χ2n) is 6.24. The Bertz CT molecular complexity index is 194. The minimum atomic E-state index is 0.414. The van der Waals surface area contributed by atoms with Gasteiger partial charge in [-0.15, -0.1) is 0 Å². The largest absolute Gasteiger partial charge is 0.316 e. The van der Waals surface area contributed by atoms with Gasteiger partial charge in [0.2, 0.25) is 0 Å². The summed E-state index contributed by atoms with van der Waals surface area (Å²) in [5, 5.41) is 3.52. The molecule has 18 heavy (non-hydrogen) atoms. The predicted octanol–water partition coefficient (Wildman–Crippen LogP) is 2.29. The predicted molar refractivity (Wildman–Crippen MR) is 82.2 cm³/mol. The zero-order valence-corrected chi connectivity index (χ0v) is 13.6. The molecule has 0 spiro atoms. The lowest BCUT2D eigenvalue weighted by Crippen LogP contribution is -2.41. The van der Waals surface area contributed by atoms with E-state index >= 15 is 0 Å². The van der Waals surface area contributed by atoms with Crippen LogP contribution in [0.2, 0.25) is 0 Å². The first kappa shape index (κ1) is 17.9. The van der Waals surface area contributed by atoms with E-state index in [0.717, 1.165) is 13.1 Å². The molecule has 0 saturated heterocycles. The summed E-state index contributed by atoms with van der Waals surface area (Å²) in [6.07, 6.45) is 3.83. The van der Waals surface area contributed by atoms with Gasteiger partial charge in [-0.05, 0) is 59.0 Å². The normalized spacial score (nSPS) is 15.3. The van der Waals surface area contributed by atoms with Crippen LogP contribution in [0.3, 0.4) is 0 Å². The van der Waals surface area contributed by atoms with Gasteiger partial charge in [-0.25, -0.2) is 0 Å². The van der Waals surface area contributed by atoms with Crippen molar-refractivity contribution in [2.24, 2.45) is 5.41 Å². The number of hydrogen-bond donors (Lipinski definition) is 1. The van der Waals surface area contributed by atoms with Gasteiger partial charge in [0.15, 0.2) is 0 Å². The smallest absolute Gasteiger partial charge is 0.00444 e. The fraction of sp³-hybridized carbons (Fsp3) is 1.00. The number of rotatable bonds is 11. The van der Waals surface area contributed by atoms with Gasteiger partial charge in [-0.2, -0.15) is 0 Å². The Balaban J connectivity index is 4.05. The fourth-order valence-corrected chi connectivity index (χ4v) is 2.64. The molecular weight excluding hydrogens is 222 g/mol. The van der Waals surface area contributed by atoms with E-state index in [0.29, 0.717) is 5.41 Å². The highest BCUT2D eigenvalue weighted by Crippen LogP contribution is 2.23. The quantitative estimate of drug-likeness (QED) is 0.613. The molecule has 0 aliphatic heterocycles. The Labute approximate surface area is 115 Å². The highest BCUT2D eigenvalue weighted by molar-refractivity contribution is 4.79. The Morgan fingerprint density at radius 3 is 2.22 bits per heavy atom. The molecule has 0 aromatic rings. The molecule has 0 bridgehead atoms. The Hall–Kier alpha value is -0.120. The van der Waals surface area contributed by atoms with Gasteiger partial charge in [-0.3, -0.25) is 0 Å². The summed E-state index contributed by atoms with van der Waals surface area (Å²) in [5.74, 6) is 0. The summed E-state index contributed by atoms with van der Waals surface area (Å²) in [5.41, 5.74) is 0.414. The van der Waals surface area contributed by atoms with Crippen molar-refractivity contribution in [3.8, 4) is 0 Å². The summed E-state index contributed by atoms with van der Waals surface area (Å²) in [6, 6.07) is 0. The van der Waals surface area contributed by atoms with Crippen LogP contribution in [0, 0.1) is 5.41 Å². The molecule has 0 rings (SSSR count). The van der Waals surface area contributed by atoms with Crippen molar-refractivity contribution in [1.82, 2.24) is 15.1 Å². The lowest BCUT2D eigenvalue weighted by molar-refractivity contribution is 0.169. The van der Waals surface area contributed by atoms with Crippen LogP contribution in [-0.2, 0) is 0 Å². The maximum atomic E-state index is 3.52. The van der Waals surface area contributed by atoms with E-state index in [1.807, 2.05) is 0 Å². The van der Waals surface area contributed by atoms with Crippen LogP contribution in [0.1, 0.15) is 40.0 Å². The van der Waals surface area contributed by atoms with Crippen molar-refractivity contribution >= 4 is 0 Å². The van der Waals surface area contributed by atoms with Crippen LogP contribution < -0.4 is 5.32 Å².